The molecule has 2 atom stereocenters. The first kappa shape index (κ1) is 13.9. The van der Waals surface area contributed by atoms with Crippen LogP contribution in [0.4, 0.5) is 5.82 Å². The standard InChI is InChI=1S/C16H19N3O2/c1-16(15(20)21)7-3-6-13(16)19-14-11(9-17)8-10-4-2-5-12(10)18-14/h8,13H,2-7H2,1H3,(H,18,19)(H,20,21). The number of rotatable bonds is 3. The van der Waals surface area contributed by atoms with Crippen molar-refractivity contribution in [3.8, 4) is 6.07 Å². The van der Waals surface area contributed by atoms with Crippen LogP contribution in [0.25, 0.3) is 0 Å². The van der Waals surface area contributed by atoms with Gasteiger partial charge in [-0.3, -0.25) is 4.79 Å². The summed E-state index contributed by atoms with van der Waals surface area (Å²) in [5.74, 6) is -0.227. The van der Waals surface area contributed by atoms with Crippen molar-refractivity contribution in [2.45, 2.75) is 51.5 Å². The summed E-state index contributed by atoms with van der Waals surface area (Å²) in [7, 11) is 0. The second-order valence-electron chi connectivity index (χ2n) is 6.27. The van der Waals surface area contributed by atoms with Gasteiger partial charge >= 0.3 is 5.97 Å². The van der Waals surface area contributed by atoms with Crippen LogP contribution >= 0.6 is 0 Å². The average Bonchev–Trinajstić information content (AvgIpc) is 3.05. The molecule has 2 aliphatic carbocycles. The van der Waals surface area contributed by atoms with Crippen LogP contribution in [-0.4, -0.2) is 22.1 Å². The van der Waals surface area contributed by atoms with E-state index < -0.39 is 11.4 Å². The summed E-state index contributed by atoms with van der Waals surface area (Å²) in [5.41, 5.74) is 1.94. The monoisotopic (exact) mass is 285 g/mol. The Morgan fingerprint density at radius 2 is 2.33 bits per heavy atom. The minimum absolute atomic E-state index is 0.172. The van der Waals surface area contributed by atoms with Gasteiger partial charge in [-0.15, -0.1) is 0 Å². The topological polar surface area (TPSA) is 86.0 Å². The number of aromatic nitrogens is 1. The number of carbonyl (C=O) groups is 1. The van der Waals surface area contributed by atoms with E-state index in [0.717, 1.165) is 43.4 Å². The molecule has 0 radical (unpaired) electrons. The van der Waals surface area contributed by atoms with E-state index in [1.165, 1.54) is 0 Å². The van der Waals surface area contributed by atoms with Crippen molar-refractivity contribution in [3.63, 3.8) is 0 Å². The molecule has 21 heavy (non-hydrogen) atoms. The summed E-state index contributed by atoms with van der Waals surface area (Å²) < 4.78 is 0. The van der Waals surface area contributed by atoms with Crippen LogP contribution in [0.1, 0.15) is 49.4 Å². The molecular formula is C16H19N3O2. The molecule has 5 heteroatoms. The molecule has 0 aromatic carbocycles. The second-order valence-corrected chi connectivity index (χ2v) is 6.27. The molecule has 2 aliphatic rings. The Morgan fingerprint density at radius 3 is 3.05 bits per heavy atom. The van der Waals surface area contributed by atoms with Gasteiger partial charge in [0.15, 0.2) is 0 Å². The quantitative estimate of drug-likeness (QED) is 0.891. The summed E-state index contributed by atoms with van der Waals surface area (Å²) in [6, 6.07) is 3.92. The molecule has 0 spiro atoms. The third-order valence-corrected chi connectivity index (χ3v) is 4.93. The van der Waals surface area contributed by atoms with Crippen LogP contribution in [0.5, 0.6) is 0 Å². The molecule has 110 valence electrons. The molecule has 1 aromatic rings. The van der Waals surface area contributed by atoms with Crippen LogP contribution in [0, 0.1) is 16.7 Å². The lowest BCUT2D eigenvalue weighted by atomic mass is 9.85. The highest BCUT2D eigenvalue weighted by Crippen LogP contribution is 2.40. The third-order valence-electron chi connectivity index (χ3n) is 4.93. The molecular weight excluding hydrogens is 266 g/mol. The first-order valence-corrected chi connectivity index (χ1v) is 7.47. The number of anilines is 1. The van der Waals surface area contributed by atoms with Gasteiger partial charge in [0.2, 0.25) is 0 Å². The number of nitriles is 1. The van der Waals surface area contributed by atoms with Crippen LogP contribution in [0.15, 0.2) is 6.07 Å². The van der Waals surface area contributed by atoms with E-state index in [-0.39, 0.29) is 6.04 Å². The number of carboxylic acid groups (broad SMARTS) is 1. The van der Waals surface area contributed by atoms with E-state index in [9.17, 15) is 15.2 Å². The molecule has 1 saturated carbocycles. The summed E-state index contributed by atoms with van der Waals surface area (Å²) in [6.45, 7) is 1.78. The molecule has 2 N–H and O–H groups in total. The number of fused-ring (bicyclic) bond motifs is 1. The van der Waals surface area contributed by atoms with Gasteiger partial charge in [0.1, 0.15) is 11.9 Å². The van der Waals surface area contributed by atoms with Gasteiger partial charge in [0.05, 0.1) is 11.0 Å². The number of aryl methyl sites for hydroxylation is 2. The fourth-order valence-electron chi connectivity index (χ4n) is 3.49. The Balaban J connectivity index is 1.92. The minimum atomic E-state index is -0.784. The maximum absolute atomic E-state index is 11.5. The number of hydrogen-bond acceptors (Lipinski definition) is 4. The van der Waals surface area contributed by atoms with Gasteiger partial charge < -0.3 is 10.4 Å². The normalized spacial score (nSPS) is 27.1. The van der Waals surface area contributed by atoms with Crippen molar-refractivity contribution >= 4 is 11.8 Å². The highest BCUT2D eigenvalue weighted by molar-refractivity contribution is 5.76. The van der Waals surface area contributed by atoms with E-state index in [1.54, 1.807) is 6.92 Å². The number of carboxylic acids is 1. The number of nitrogens with zero attached hydrogens (tertiary/aromatic N) is 2. The van der Waals surface area contributed by atoms with Crippen molar-refractivity contribution in [3.05, 3.63) is 22.9 Å². The van der Waals surface area contributed by atoms with E-state index in [0.29, 0.717) is 17.8 Å². The SMILES string of the molecule is CC1(C(=O)O)CCCC1Nc1nc2c(cc1C#N)CCC2. The van der Waals surface area contributed by atoms with Crippen molar-refractivity contribution in [2.24, 2.45) is 5.41 Å². The molecule has 1 aromatic heterocycles. The number of pyridine rings is 1. The third kappa shape index (κ3) is 2.25. The zero-order valence-corrected chi connectivity index (χ0v) is 12.1. The Labute approximate surface area is 124 Å². The van der Waals surface area contributed by atoms with Gasteiger partial charge in [0.25, 0.3) is 0 Å². The summed E-state index contributed by atoms with van der Waals surface area (Å²) in [5, 5.41) is 22.0. The Kier molecular flexibility index (Phi) is 3.32. The zero-order chi connectivity index (χ0) is 15.0. The predicted molar refractivity (Wildman–Crippen MR) is 78.0 cm³/mol. The van der Waals surface area contributed by atoms with Crippen molar-refractivity contribution < 1.29 is 9.90 Å². The van der Waals surface area contributed by atoms with Gasteiger partial charge in [-0.25, -0.2) is 4.98 Å². The summed E-state index contributed by atoms with van der Waals surface area (Å²) in [6.07, 6.45) is 5.34. The molecule has 3 rings (SSSR count). The molecule has 2 unspecified atom stereocenters. The molecule has 0 aliphatic heterocycles. The average molecular weight is 285 g/mol. The van der Waals surface area contributed by atoms with E-state index >= 15 is 0 Å². The lowest BCUT2D eigenvalue weighted by molar-refractivity contribution is -0.147. The van der Waals surface area contributed by atoms with Gasteiger partial charge in [-0.05, 0) is 50.7 Å². The van der Waals surface area contributed by atoms with Gasteiger partial charge in [0, 0.05) is 11.7 Å². The van der Waals surface area contributed by atoms with Crippen molar-refractivity contribution in [2.75, 3.05) is 5.32 Å². The summed E-state index contributed by atoms with van der Waals surface area (Å²) in [4.78, 5) is 16.1. The maximum atomic E-state index is 11.5. The van der Waals surface area contributed by atoms with Crippen LogP contribution in [-0.2, 0) is 17.6 Å². The Morgan fingerprint density at radius 1 is 1.52 bits per heavy atom. The number of aliphatic carboxylic acids is 1. The lowest BCUT2D eigenvalue weighted by Gasteiger charge is -2.28. The maximum Gasteiger partial charge on any atom is 0.311 e. The Hall–Kier alpha value is -2.09. The first-order chi connectivity index (χ1) is 10.0. The largest absolute Gasteiger partial charge is 0.481 e. The number of hydrogen-bond donors (Lipinski definition) is 2. The molecule has 1 fully saturated rings. The van der Waals surface area contributed by atoms with Crippen LogP contribution < -0.4 is 5.32 Å². The molecule has 5 nitrogen and oxygen atoms in total. The van der Waals surface area contributed by atoms with E-state index in [4.69, 9.17) is 0 Å². The van der Waals surface area contributed by atoms with Crippen LogP contribution in [0.3, 0.4) is 0 Å². The number of nitrogens with one attached hydrogen (secondary N) is 1. The van der Waals surface area contributed by atoms with Gasteiger partial charge in [-0.1, -0.05) is 6.42 Å². The highest BCUT2D eigenvalue weighted by Gasteiger charge is 2.45. The zero-order valence-electron chi connectivity index (χ0n) is 12.1. The molecule has 1 heterocycles. The Bertz CT molecular complexity index is 635. The van der Waals surface area contributed by atoms with Gasteiger partial charge in [-0.2, -0.15) is 5.26 Å². The molecule has 0 amide bonds. The van der Waals surface area contributed by atoms with E-state index in [2.05, 4.69) is 16.4 Å². The van der Waals surface area contributed by atoms with Crippen LogP contribution in [0.2, 0.25) is 0 Å². The van der Waals surface area contributed by atoms with Crippen molar-refractivity contribution in [1.29, 1.82) is 5.26 Å². The molecule has 0 saturated heterocycles. The predicted octanol–water partition coefficient (Wildman–Crippen LogP) is 2.50. The highest BCUT2D eigenvalue weighted by atomic mass is 16.4. The molecule has 0 bridgehead atoms. The fourth-order valence-corrected chi connectivity index (χ4v) is 3.49. The first-order valence-electron chi connectivity index (χ1n) is 7.47. The minimum Gasteiger partial charge on any atom is -0.481 e. The smallest absolute Gasteiger partial charge is 0.311 e. The van der Waals surface area contributed by atoms with Crippen molar-refractivity contribution in [1.82, 2.24) is 4.98 Å². The fraction of sp³-hybridized carbons (Fsp3) is 0.562. The summed E-state index contributed by atoms with van der Waals surface area (Å²) >= 11 is 0. The lowest BCUT2D eigenvalue weighted by Crippen LogP contribution is -2.40. The van der Waals surface area contributed by atoms with E-state index in [1.807, 2.05) is 6.07 Å². The second kappa shape index (κ2) is 5.03.